The van der Waals surface area contributed by atoms with Gasteiger partial charge in [0.1, 0.15) is 0 Å². The zero-order valence-corrected chi connectivity index (χ0v) is 11.6. The molecule has 1 aliphatic carbocycles. The predicted molar refractivity (Wildman–Crippen MR) is 80.1 cm³/mol. The average Bonchev–Trinajstić information content (AvgIpc) is 2.98. The van der Waals surface area contributed by atoms with Crippen molar-refractivity contribution in [2.24, 2.45) is 5.92 Å². The van der Waals surface area contributed by atoms with Crippen molar-refractivity contribution in [2.75, 3.05) is 6.54 Å². The van der Waals surface area contributed by atoms with Crippen LogP contribution in [-0.2, 0) is 0 Å². The van der Waals surface area contributed by atoms with Crippen LogP contribution >= 0.6 is 0 Å². The van der Waals surface area contributed by atoms with E-state index >= 15 is 0 Å². The second-order valence-corrected chi connectivity index (χ2v) is 5.51. The van der Waals surface area contributed by atoms with Gasteiger partial charge in [0.25, 0.3) is 0 Å². The predicted octanol–water partition coefficient (Wildman–Crippen LogP) is 4.08. The summed E-state index contributed by atoms with van der Waals surface area (Å²) in [6, 6.07) is 13.2. The van der Waals surface area contributed by atoms with E-state index in [1.54, 1.807) is 0 Å². The van der Waals surface area contributed by atoms with Gasteiger partial charge in [0.15, 0.2) is 0 Å². The Morgan fingerprint density at radius 1 is 1.16 bits per heavy atom. The Labute approximate surface area is 115 Å². The van der Waals surface area contributed by atoms with E-state index in [0.717, 1.165) is 18.0 Å². The highest BCUT2D eigenvalue weighted by Crippen LogP contribution is 2.35. The molecule has 100 valence electrons. The van der Waals surface area contributed by atoms with Crippen molar-refractivity contribution >= 4 is 10.9 Å². The molecule has 1 aliphatic rings. The number of hydrogen-bond donors (Lipinski definition) is 1. The fraction of sp³-hybridized carbons (Fsp3) is 0.471. The van der Waals surface area contributed by atoms with Gasteiger partial charge in [-0.05, 0) is 37.4 Å². The van der Waals surface area contributed by atoms with Crippen LogP contribution < -0.4 is 5.32 Å². The Morgan fingerprint density at radius 3 is 2.74 bits per heavy atom. The Morgan fingerprint density at radius 2 is 1.95 bits per heavy atom. The Kier molecular flexibility index (Phi) is 3.79. The first kappa shape index (κ1) is 12.6. The van der Waals surface area contributed by atoms with Gasteiger partial charge in [-0.1, -0.05) is 44.0 Å². The van der Waals surface area contributed by atoms with Crippen molar-refractivity contribution < 1.29 is 0 Å². The third kappa shape index (κ3) is 2.64. The van der Waals surface area contributed by atoms with Gasteiger partial charge in [-0.15, -0.1) is 0 Å². The summed E-state index contributed by atoms with van der Waals surface area (Å²) in [6.07, 6.45) is 5.43. The molecule has 3 rings (SSSR count). The van der Waals surface area contributed by atoms with Crippen molar-refractivity contribution in [2.45, 2.75) is 38.6 Å². The molecule has 19 heavy (non-hydrogen) atoms. The fourth-order valence-electron chi connectivity index (χ4n) is 3.28. The molecule has 2 aromatic rings. The first-order valence-electron chi connectivity index (χ1n) is 7.47. The monoisotopic (exact) mass is 254 g/mol. The lowest BCUT2D eigenvalue weighted by atomic mass is 9.94. The van der Waals surface area contributed by atoms with Crippen LogP contribution in [0.4, 0.5) is 0 Å². The number of fused-ring (bicyclic) bond motifs is 1. The maximum Gasteiger partial charge on any atom is 0.0706 e. The van der Waals surface area contributed by atoms with Gasteiger partial charge in [0.05, 0.1) is 17.3 Å². The highest BCUT2D eigenvalue weighted by molar-refractivity contribution is 5.78. The summed E-state index contributed by atoms with van der Waals surface area (Å²) < 4.78 is 0. The van der Waals surface area contributed by atoms with Crippen molar-refractivity contribution in [1.29, 1.82) is 0 Å². The summed E-state index contributed by atoms with van der Waals surface area (Å²) in [4.78, 5) is 4.88. The van der Waals surface area contributed by atoms with E-state index in [-0.39, 0.29) is 0 Å². The van der Waals surface area contributed by atoms with E-state index < -0.39 is 0 Å². The summed E-state index contributed by atoms with van der Waals surface area (Å²) in [5, 5.41) is 4.87. The van der Waals surface area contributed by atoms with Crippen LogP contribution in [0, 0.1) is 5.92 Å². The first-order valence-corrected chi connectivity index (χ1v) is 7.47. The molecule has 0 spiro atoms. The molecule has 2 nitrogen and oxygen atoms in total. The lowest BCUT2D eigenvalue weighted by molar-refractivity contribution is 0.368. The van der Waals surface area contributed by atoms with Crippen LogP contribution in [0.15, 0.2) is 36.4 Å². The molecule has 0 saturated heterocycles. The van der Waals surface area contributed by atoms with E-state index in [1.807, 2.05) is 0 Å². The minimum Gasteiger partial charge on any atom is -0.309 e. The maximum atomic E-state index is 4.88. The Bertz CT molecular complexity index is 544. The summed E-state index contributed by atoms with van der Waals surface area (Å²) >= 11 is 0. The van der Waals surface area contributed by atoms with Crippen molar-refractivity contribution in [3.8, 4) is 0 Å². The molecule has 1 fully saturated rings. The molecule has 1 unspecified atom stereocenters. The molecular weight excluding hydrogens is 232 g/mol. The minimum atomic E-state index is 0.428. The third-order valence-electron chi connectivity index (χ3n) is 4.23. The molecular formula is C17H22N2. The van der Waals surface area contributed by atoms with Gasteiger partial charge in [-0.2, -0.15) is 0 Å². The number of benzene rings is 1. The van der Waals surface area contributed by atoms with E-state index in [9.17, 15) is 0 Å². The SMILES string of the molecule is CCNC(c1ccc2ccccc2n1)C1CCCC1. The fourth-order valence-corrected chi connectivity index (χ4v) is 3.28. The normalized spacial score (nSPS) is 17.9. The van der Waals surface area contributed by atoms with Gasteiger partial charge < -0.3 is 5.32 Å². The molecule has 1 aromatic carbocycles. The molecule has 0 radical (unpaired) electrons. The topological polar surface area (TPSA) is 24.9 Å². The molecule has 0 bridgehead atoms. The van der Waals surface area contributed by atoms with Crippen molar-refractivity contribution in [1.82, 2.24) is 10.3 Å². The largest absolute Gasteiger partial charge is 0.309 e. The van der Waals surface area contributed by atoms with E-state index in [4.69, 9.17) is 4.98 Å². The standard InChI is InChI=1S/C17H22N2/c1-2-18-17(14-8-3-4-9-14)16-12-11-13-7-5-6-10-15(13)19-16/h5-7,10-12,14,17-18H,2-4,8-9H2,1H3. The quantitative estimate of drug-likeness (QED) is 0.889. The van der Waals surface area contributed by atoms with Crippen LogP contribution in [0.3, 0.4) is 0 Å². The molecule has 1 atom stereocenters. The minimum absolute atomic E-state index is 0.428. The molecule has 0 aliphatic heterocycles. The van der Waals surface area contributed by atoms with E-state index in [2.05, 4.69) is 48.6 Å². The molecule has 1 saturated carbocycles. The second-order valence-electron chi connectivity index (χ2n) is 5.51. The van der Waals surface area contributed by atoms with Crippen molar-refractivity contribution in [3.63, 3.8) is 0 Å². The molecule has 2 heteroatoms. The molecule has 1 aromatic heterocycles. The Balaban J connectivity index is 1.94. The molecule has 1 heterocycles. The number of aromatic nitrogens is 1. The van der Waals surface area contributed by atoms with Crippen LogP contribution in [0.1, 0.15) is 44.3 Å². The van der Waals surface area contributed by atoms with Crippen LogP contribution in [0.2, 0.25) is 0 Å². The van der Waals surface area contributed by atoms with E-state index in [0.29, 0.717) is 6.04 Å². The first-order chi connectivity index (χ1) is 9.38. The zero-order chi connectivity index (χ0) is 13.1. The van der Waals surface area contributed by atoms with Crippen LogP contribution in [0.5, 0.6) is 0 Å². The van der Waals surface area contributed by atoms with Crippen molar-refractivity contribution in [3.05, 3.63) is 42.1 Å². The summed E-state index contributed by atoms with van der Waals surface area (Å²) in [7, 11) is 0. The number of hydrogen-bond acceptors (Lipinski definition) is 2. The number of nitrogens with zero attached hydrogens (tertiary/aromatic N) is 1. The lowest BCUT2D eigenvalue weighted by Crippen LogP contribution is -2.27. The molecule has 0 amide bonds. The summed E-state index contributed by atoms with van der Waals surface area (Å²) in [6.45, 7) is 3.19. The van der Waals surface area contributed by atoms with Gasteiger partial charge in [0.2, 0.25) is 0 Å². The Hall–Kier alpha value is -1.41. The molecule has 1 N–H and O–H groups in total. The lowest BCUT2D eigenvalue weighted by Gasteiger charge is -2.24. The number of nitrogens with one attached hydrogen (secondary N) is 1. The second kappa shape index (κ2) is 5.70. The van der Waals surface area contributed by atoms with Gasteiger partial charge in [0, 0.05) is 5.39 Å². The van der Waals surface area contributed by atoms with E-state index in [1.165, 1.54) is 36.8 Å². The number of pyridine rings is 1. The van der Waals surface area contributed by atoms with Crippen LogP contribution in [0.25, 0.3) is 10.9 Å². The summed E-state index contributed by atoms with van der Waals surface area (Å²) in [5.41, 5.74) is 2.33. The smallest absolute Gasteiger partial charge is 0.0706 e. The highest BCUT2D eigenvalue weighted by Gasteiger charge is 2.26. The van der Waals surface area contributed by atoms with Gasteiger partial charge >= 0.3 is 0 Å². The van der Waals surface area contributed by atoms with Gasteiger partial charge in [-0.25, -0.2) is 0 Å². The van der Waals surface area contributed by atoms with Gasteiger partial charge in [-0.3, -0.25) is 4.98 Å². The van der Waals surface area contributed by atoms with Crippen LogP contribution in [-0.4, -0.2) is 11.5 Å². The summed E-state index contributed by atoms with van der Waals surface area (Å²) in [5.74, 6) is 0.758. The maximum absolute atomic E-state index is 4.88. The average molecular weight is 254 g/mol. The zero-order valence-electron chi connectivity index (χ0n) is 11.6. The third-order valence-corrected chi connectivity index (χ3v) is 4.23. The highest BCUT2D eigenvalue weighted by atomic mass is 14.9. The number of rotatable bonds is 4. The number of para-hydroxylation sites is 1.